The number of hydrogen-bond acceptors (Lipinski definition) is 3. The Balaban J connectivity index is 1.63. The Labute approximate surface area is 128 Å². The van der Waals surface area contributed by atoms with Gasteiger partial charge in [-0.15, -0.1) is 0 Å². The molecule has 1 atom stereocenters. The van der Waals surface area contributed by atoms with Gasteiger partial charge in [-0.3, -0.25) is 0 Å². The topological polar surface area (TPSA) is 24.5 Å². The van der Waals surface area contributed by atoms with Crippen LogP contribution in [0.5, 0.6) is 0 Å². The number of hydrogen-bond donors (Lipinski definition) is 1. The number of ether oxygens (including phenoxy) is 1. The maximum Gasteiger partial charge on any atom is 0.0750 e. The van der Waals surface area contributed by atoms with Gasteiger partial charge < -0.3 is 15.0 Å². The molecular weight excluding hydrogens is 260 g/mol. The van der Waals surface area contributed by atoms with E-state index in [1.54, 1.807) is 0 Å². The van der Waals surface area contributed by atoms with Gasteiger partial charge in [-0.1, -0.05) is 25.1 Å². The highest BCUT2D eigenvalue weighted by Crippen LogP contribution is 2.26. The highest BCUT2D eigenvalue weighted by Gasteiger charge is 2.23. The van der Waals surface area contributed by atoms with Crippen LogP contribution in [0.15, 0.2) is 24.3 Å². The van der Waals surface area contributed by atoms with Crippen LogP contribution in [-0.2, 0) is 11.3 Å². The van der Waals surface area contributed by atoms with E-state index < -0.39 is 0 Å². The van der Waals surface area contributed by atoms with E-state index in [0.717, 1.165) is 38.7 Å². The van der Waals surface area contributed by atoms with Crippen molar-refractivity contribution in [1.82, 2.24) is 5.32 Å². The van der Waals surface area contributed by atoms with Gasteiger partial charge in [0.25, 0.3) is 0 Å². The van der Waals surface area contributed by atoms with E-state index in [1.807, 2.05) is 0 Å². The van der Waals surface area contributed by atoms with Crippen molar-refractivity contribution >= 4 is 5.69 Å². The standard InChI is InChI=1S/C18H28N2O/c1-2-12-21-17-7-5-11-20(14-17)18-8-4-3-6-15(18)13-19-16-9-10-16/h3-4,6,8,16-17,19H,2,5,7,9-14H2,1H3. The Kier molecular flexibility index (Phi) is 5.15. The first kappa shape index (κ1) is 14.9. The van der Waals surface area contributed by atoms with Crippen LogP contribution in [0, 0.1) is 0 Å². The van der Waals surface area contributed by atoms with Crippen molar-refractivity contribution < 1.29 is 4.74 Å². The summed E-state index contributed by atoms with van der Waals surface area (Å²) in [6.07, 6.45) is 6.65. The normalized spacial score (nSPS) is 22.5. The summed E-state index contributed by atoms with van der Waals surface area (Å²) < 4.78 is 5.97. The Morgan fingerprint density at radius 2 is 2.10 bits per heavy atom. The molecule has 3 nitrogen and oxygen atoms in total. The smallest absolute Gasteiger partial charge is 0.0750 e. The van der Waals surface area contributed by atoms with E-state index >= 15 is 0 Å². The molecule has 0 aromatic heterocycles. The first-order valence-electron chi connectivity index (χ1n) is 8.54. The Bertz CT molecular complexity index is 445. The molecule has 21 heavy (non-hydrogen) atoms. The summed E-state index contributed by atoms with van der Waals surface area (Å²) in [6.45, 7) is 6.27. The minimum atomic E-state index is 0.406. The van der Waals surface area contributed by atoms with Gasteiger partial charge in [0.15, 0.2) is 0 Å². The molecule has 1 aromatic rings. The van der Waals surface area contributed by atoms with Gasteiger partial charge in [-0.2, -0.15) is 0 Å². The van der Waals surface area contributed by atoms with E-state index in [9.17, 15) is 0 Å². The summed E-state index contributed by atoms with van der Waals surface area (Å²) in [4.78, 5) is 2.52. The summed E-state index contributed by atoms with van der Waals surface area (Å²) in [5.41, 5.74) is 2.83. The van der Waals surface area contributed by atoms with Gasteiger partial charge in [0.1, 0.15) is 0 Å². The largest absolute Gasteiger partial charge is 0.376 e. The van der Waals surface area contributed by atoms with Gasteiger partial charge in [-0.25, -0.2) is 0 Å². The average Bonchev–Trinajstić information content (AvgIpc) is 3.36. The molecule has 1 N–H and O–H groups in total. The number of benzene rings is 1. The quantitative estimate of drug-likeness (QED) is 0.833. The van der Waals surface area contributed by atoms with Crippen molar-refractivity contribution in [2.45, 2.75) is 57.7 Å². The van der Waals surface area contributed by atoms with Crippen molar-refractivity contribution in [3.8, 4) is 0 Å². The van der Waals surface area contributed by atoms with Gasteiger partial charge in [0.05, 0.1) is 6.10 Å². The Hall–Kier alpha value is -1.06. The molecule has 2 aliphatic rings. The van der Waals surface area contributed by atoms with Crippen LogP contribution in [0.2, 0.25) is 0 Å². The Morgan fingerprint density at radius 3 is 2.90 bits per heavy atom. The third-order valence-electron chi connectivity index (χ3n) is 4.43. The average molecular weight is 288 g/mol. The van der Waals surface area contributed by atoms with Gasteiger partial charge in [-0.05, 0) is 43.7 Å². The molecule has 1 aliphatic heterocycles. The molecule has 2 fully saturated rings. The summed E-state index contributed by atoms with van der Waals surface area (Å²) in [7, 11) is 0. The molecule has 1 aromatic carbocycles. The minimum Gasteiger partial charge on any atom is -0.376 e. The predicted octanol–water partition coefficient (Wildman–Crippen LogP) is 3.33. The van der Waals surface area contributed by atoms with Crippen LogP contribution in [0.3, 0.4) is 0 Å². The summed E-state index contributed by atoms with van der Waals surface area (Å²) in [5, 5.41) is 3.64. The molecular formula is C18H28N2O. The van der Waals surface area contributed by atoms with Crippen molar-refractivity contribution in [1.29, 1.82) is 0 Å². The monoisotopic (exact) mass is 288 g/mol. The second kappa shape index (κ2) is 7.28. The molecule has 1 saturated heterocycles. The number of nitrogens with zero attached hydrogens (tertiary/aromatic N) is 1. The lowest BCUT2D eigenvalue weighted by Gasteiger charge is -2.35. The van der Waals surface area contributed by atoms with Crippen LogP contribution in [-0.4, -0.2) is 31.8 Å². The zero-order valence-corrected chi connectivity index (χ0v) is 13.2. The molecule has 3 heteroatoms. The molecule has 1 heterocycles. The van der Waals surface area contributed by atoms with E-state index in [1.165, 1.54) is 36.9 Å². The fourth-order valence-corrected chi connectivity index (χ4v) is 3.09. The highest BCUT2D eigenvalue weighted by molar-refractivity contribution is 5.54. The van der Waals surface area contributed by atoms with Gasteiger partial charge >= 0.3 is 0 Å². The van der Waals surface area contributed by atoms with Gasteiger partial charge in [0, 0.05) is 38.0 Å². The van der Waals surface area contributed by atoms with E-state index in [-0.39, 0.29) is 0 Å². The third-order valence-corrected chi connectivity index (χ3v) is 4.43. The molecule has 0 amide bonds. The van der Waals surface area contributed by atoms with Crippen molar-refractivity contribution in [3.05, 3.63) is 29.8 Å². The summed E-state index contributed by atoms with van der Waals surface area (Å²) in [6, 6.07) is 9.61. The summed E-state index contributed by atoms with van der Waals surface area (Å²) in [5.74, 6) is 0. The third kappa shape index (κ3) is 4.21. The number of para-hydroxylation sites is 1. The zero-order chi connectivity index (χ0) is 14.5. The Morgan fingerprint density at radius 1 is 1.24 bits per heavy atom. The fourth-order valence-electron chi connectivity index (χ4n) is 3.09. The minimum absolute atomic E-state index is 0.406. The predicted molar refractivity (Wildman–Crippen MR) is 87.8 cm³/mol. The number of rotatable bonds is 7. The number of piperidine rings is 1. The number of anilines is 1. The van der Waals surface area contributed by atoms with E-state index in [2.05, 4.69) is 41.4 Å². The molecule has 0 radical (unpaired) electrons. The van der Waals surface area contributed by atoms with Crippen molar-refractivity contribution in [3.63, 3.8) is 0 Å². The lowest BCUT2D eigenvalue weighted by molar-refractivity contribution is 0.0440. The van der Waals surface area contributed by atoms with Crippen LogP contribution >= 0.6 is 0 Å². The van der Waals surface area contributed by atoms with Crippen molar-refractivity contribution in [2.75, 3.05) is 24.6 Å². The summed E-state index contributed by atoms with van der Waals surface area (Å²) >= 11 is 0. The molecule has 116 valence electrons. The second-order valence-corrected chi connectivity index (χ2v) is 6.36. The first-order chi connectivity index (χ1) is 10.4. The molecule has 0 bridgehead atoms. The number of nitrogens with one attached hydrogen (secondary N) is 1. The van der Waals surface area contributed by atoms with Crippen LogP contribution in [0.25, 0.3) is 0 Å². The molecule has 0 spiro atoms. The SMILES string of the molecule is CCCOC1CCCN(c2ccccc2CNC2CC2)C1. The van der Waals surface area contributed by atoms with Crippen molar-refractivity contribution in [2.24, 2.45) is 0 Å². The lowest BCUT2D eigenvalue weighted by atomic mass is 10.0. The molecule has 3 rings (SSSR count). The van der Waals surface area contributed by atoms with E-state index in [0.29, 0.717) is 6.10 Å². The molecule has 1 saturated carbocycles. The second-order valence-electron chi connectivity index (χ2n) is 6.36. The zero-order valence-electron chi connectivity index (χ0n) is 13.2. The van der Waals surface area contributed by atoms with Crippen LogP contribution in [0.1, 0.15) is 44.6 Å². The molecule has 1 unspecified atom stereocenters. The van der Waals surface area contributed by atoms with Gasteiger partial charge in [0.2, 0.25) is 0 Å². The highest BCUT2D eigenvalue weighted by atomic mass is 16.5. The van der Waals surface area contributed by atoms with Crippen LogP contribution in [0.4, 0.5) is 5.69 Å². The molecule has 1 aliphatic carbocycles. The maximum absolute atomic E-state index is 5.97. The fraction of sp³-hybridized carbons (Fsp3) is 0.667. The first-order valence-corrected chi connectivity index (χ1v) is 8.54. The maximum atomic E-state index is 5.97. The van der Waals surface area contributed by atoms with Crippen LogP contribution < -0.4 is 10.2 Å². The van der Waals surface area contributed by atoms with E-state index in [4.69, 9.17) is 4.74 Å². The lowest BCUT2D eigenvalue weighted by Crippen LogP contribution is -2.40.